The Labute approximate surface area is 97.9 Å². The third kappa shape index (κ3) is 4.39. The number of hydrogen-bond acceptors (Lipinski definition) is 2. The van der Waals surface area contributed by atoms with Gasteiger partial charge in [-0.15, -0.1) is 0 Å². The summed E-state index contributed by atoms with van der Waals surface area (Å²) < 4.78 is 28.9. The van der Waals surface area contributed by atoms with Crippen LogP contribution < -0.4 is 3.51 Å². The van der Waals surface area contributed by atoms with Gasteiger partial charge in [0.05, 0.1) is 0 Å². The van der Waals surface area contributed by atoms with Gasteiger partial charge in [0.15, 0.2) is 0 Å². The van der Waals surface area contributed by atoms with Gasteiger partial charge in [-0.25, -0.2) is 0 Å². The van der Waals surface area contributed by atoms with Gasteiger partial charge in [0.2, 0.25) is 0 Å². The quantitative estimate of drug-likeness (QED) is 0.640. The summed E-state index contributed by atoms with van der Waals surface area (Å²) in [6.45, 7) is 0. The summed E-state index contributed by atoms with van der Waals surface area (Å²) in [7, 11) is 0. The number of carboxylic acid groups (broad SMARTS) is 1. The van der Waals surface area contributed by atoms with Crippen molar-refractivity contribution in [2.45, 2.75) is 19.3 Å². The molecule has 3 N–H and O–H groups in total. The van der Waals surface area contributed by atoms with E-state index >= 15 is 0 Å². The molecule has 6 heteroatoms. The Morgan fingerprint density at radius 3 is 2.19 bits per heavy atom. The van der Waals surface area contributed by atoms with Crippen LogP contribution in [0.25, 0.3) is 0 Å². The van der Waals surface area contributed by atoms with E-state index in [1.165, 1.54) is 12.1 Å². The fourth-order valence-electron chi connectivity index (χ4n) is 1.30. The van der Waals surface area contributed by atoms with E-state index in [1.54, 1.807) is 12.1 Å². The van der Waals surface area contributed by atoms with Crippen LogP contribution in [0, 0.1) is 0 Å². The number of carboxylic acids is 1. The van der Waals surface area contributed by atoms with Gasteiger partial charge in [-0.05, 0) is 0 Å². The number of rotatable bonds is 5. The molecule has 88 valence electrons. The fraction of sp³-hybridized carbons (Fsp3) is 0.300. The molecule has 0 aliphatic rings. The van der Waals surface area contributed by atoms with Gasteiger partial charge < -0.3 is 0 Å². The van der Waals surface area contributed by atoms with E-state index in [4.69, 9.17) is 11.9 Å². The molecule has 0 radical (unpaired) electrons. The van der Waals surface area contributed by atoms with Crippen molar-refractivity contribution in [1.29, 1.82) is 0 Å². The van der Waals surface area contributed by atoms with Crippen molar-refractivity contribution < 1.29 is 19.7 Å². The summed E-state index contributed by atoms with van der Waals surface area (Å²) in [5.74, 6) is -0.837. The summed E-state index contributed by atoms with van der Waals surface area (Å²) in [6.07, 6.45) is 1.23. The second-order valence-electron chi connectivity index (χ2n) is 3.46. The molecule has 0 atom stereocenters. The predicted molar refractivity (Wildman–Crippen MR) is 57.5 cm³/mol. The standard InChI is InChI=1S/C10H11O2.2H2O.O.Sb/c11-10(12)8-4-7-9-5-2-1-3-6-9;;;;/h2-3,5-6H,4,7-8H2,(H,11,12);2*1H2;;/q;;;;+2/p-2. The molecular formula is C10H13O5Sb. The summed E-state index contributed by atoms with van der Waals surface area (Å²) in [5, 5.41) is 8.44. The Hall–Kier alpha value is -0.772. The molecule has 0 fully saturated rings. The number of benzene rings is 1. The van der Waals surface area contributed by atoms with Crippen molar-refractivity contribution in [1.82, 2.24) is 0 Å². The Balaban J connectivity index is 2.58. The third-order valence-electron chi connectivity index (χ3n) is 2.13. The molecule has 1 aromatic carbocycles. The number of carbonyl (C=O) groups is 1. The van der Waals surface area contributed by atoms with Crippen LogP contribution in [0.4, 0.5) is 0 Å². The van der Waals surface area contributed by atoms with Crippen LogP contribution in [-0.4, -0.2) is 37.5 Å². The number of hydrogen-bond donors (Lipinski definition) is 3. The first-order chi connectivity index (χ1) is 7.39. The van der Waals surface area contributed by atoms with Crippen molar-refractivity contribution in [3.8, 4) is 0 Å². The number of aliphatic carboxylic acids is 1. The van der Waals surface area contributed by atoms with Crippen LogP contribution in [0.3, 0.4) is 0 Å². The molecule has 0 aliphatic heterocycles. The summed E-state index contributed by atoms with van der Waals surface area (Å²) in [6, 6.07) is 6.08. The zero-order valence-electron chi connectivity index (χ0n) is 8.54. The molecule has 0 bridgehead atoms. The summed E-state index contributed by atoms with van der Waals surface area (Å²) >= 11 is -5.06. The van der Waals surface area contributed by atoms with Crippen LogP contribution in [0.5, 0.6) is 0 Å². The molecule has 16 heavy (non-hydrogen) atoms. The molecule has 0 saturated heterocycles. The molecule has 0 amide bonds. The molecule has 0 unspecified atom stereocenters. The molecule has 0 spiro atoms. The Bertz CT molecular complexity index is 406. The van der Waals surface area contributed by atoms with Gasteiger partial charge in [-0.3, -0.25) is 0 Å². The molecule has 0 saturated carbocycles. The van der Waals surface area contributed by atoms with E-state index in [0.717, 1.165) is 5.56 Å². The molecule has 5 nitrogen and oxygen atoms in total. The van der Waals surface area contributed by atoms with Crippen molar-refractivity contribution in [3.63, 3.8) is 0 Å². The summed E-state index contributed by atoms with van der Waals surface area (Å²) in [4.78, 5) is 10.3. The Kier molecular flexibility index (Phi) is 4.59. The number of aryl methyl sites for hydroxylation is 1. The van der Waals surface area contributed by atoms with Crippen LogP contribution in [0.2, 0.25) is 0 Å². The van der Waals surface area contributed by atoms with Crippen molar-refractivity contribution in [3.05, 3.63) is 29.8 Å². The second-order valence-corrected chi connectivity index (χ2v) is 8.04. The monoisotopic (exact) mass is 334 g/mol. The minimum absolute atomic E-state index is 0.0699. The van der Waals surface area contributed by atoms with Crippen LogP contribution >= 0.6 is 0 Å². The van der Waals surface area contributed by atoms with Gasteiger partial charge in [-0.1, -0.05) is 0 Å². The molecule has 1 aromatic rings. The summed E-state index contributed by atoms with van der Waals surface area (Å²) in [5.41, 5.74) is 0.888. The maximum atomic E-state index is 11.0. The van der Waals surface area contributed by atoms with Crippen molar-refractivity contribution in [2.24, 2.45) is 0 Å². The van der Waals surface area contributed by atoms with E-state index < -0.39 is 25.6 Å². The molecule has 0 aliphatic carbocycles. The fourth-order valence-corrected chi connectivity index (χ4v) is 2.83. The van der Waals surface area contributed by atoms with Crippen LogP contribution in [0.15, 0.2) is 24.3 Å². The molecule has 0 aromatic heterocycles. The topological polar surface area (TPSA) is 94.8 Å². The predicted octanol–water partition coefficient (Wildman–Crippen LogP) is -0.345. The van der Waals surface area contributed by atoms with Gasteiger partial charge in [0.1, 0.15) is 0 Å². The van der Waals surface area contributed by atoms with Crippen LogP contribution in [-0.2, 0) is 14.2 Å². The van der Waals surface area contributed by atoms with Crippen molar-refractivity contribution in [2.75, 3.05) is 0 Å². The van der Waals surface area contributed by atoms with Gasteiger partial charge >= 0.3 is 97.9 Å². The average Bonchev–Trinajstić information content (AvgIpc) is 2.16. The van der Waals surface area contributed by atoms with Gasteiger partial charge in [-0.2, -0.15) is 0 Å². The first-order valence-electron chi connectivity index (χ1n) is 4.76. The van der Waals surface area contributed by atoms with Crippen molar-refractivity contribution >= 4 is 29.1 Å². The Morgan fingerprint density at radius 1 is 1.19 bits per heavy atom. The van der Waals surface area contributed by atoms with Gasteiger partial charge in [0, 0.05) is 0 Å². The first-order valence-corrected chi connectivity index (χ1v) is 9.36. The van der Waals surface area contributed by atoms with Gasteiger partial charge in [0.25, 0.3) is 0 Å². The normalized spacial score (nSPS) is 11.4. The second kappa shape index (κ2) is 5.52. The minimum atomic E-state index is -5.06. The van der Waals surface area contributed by atoms with E-state index in [1.807, 2.05) is 0 Å². The van der Waals surface area contributed by atoms with E-state index in [2.05, 4.69) is 0 Å². The third-order valence-corrected chi connectivity index (χ3v) is 4.90. The van der Waals surface area contributed by atoms with E-state index in [0.29, 0.717) is 12.8 Å². The SMILES string of the molecule is O=C(O)CCCc1cc[c]([Sb](=[O])([OH])[OH])cc1. The van der Waals surface area contributed by atoms with E-state index in [-0.39, 0.29) is 9.93 Å². The molecule has 1 rings (SSSR count). The zero-order chi connectivity index (χ0) is 12.2. The maximum absolute atomic E-state index is 11.0. The van der Waals surface area contributed by atoms with E-state index in [9.17, 15) is 7.81 Å². The molecular weight excluding hydrogens is 322 g/mol. The average molecular weight is 335 g/mol. The zero-order valence-corrected chi connectivity index (χ0v) is 11.1. The van der Waals surface area contributed by atoms with Crippen LogP contribution in [0.1, 0.15) is 18.4 Å². The molecule has 0 heterocycles. The first kappa shape index (κ1) is 13.3. The Morgan fingerprint density at radius 2 is 1.75 bits per heavy atom.